The van der Waals surface area contributed by atoms with Crippen LogP contribution in [0.4, 0.5) is 11.5 Å². The summed E-state index contributed by atoms with van der Waals surface area (Å²) >= 11 is 0. The lowest BCUT2D eigenvalue weighted by Gasteiger charge is -2.27. The Morgan fingerprint density at radius 3 is 2.62 bits per heavy atom. The van der Waals surface area contributed by atoms with Crippen LogP contribution in [0.25, 0.3) is 11.1 Å². The van der Waals surface area contributed by atoms with Crippen LogP contribution in [0, 0.1) is 29.6 Å². The molecule has 1 amide bonds. The van der Waals surface area contributed by atoms with Gasteiger partial charge in [0.25, 0.3) is 5.91 Å². The predicted octanol–water partition coefficient (Wildman–Crippen LogP) is 3.58. The standard InChI is InChI=1S/C25H23N7O2/c1-15-21(18-6-17(9-26)23(30-10-18)31-20-12-34-13-20)8-19(11-29-15)32-24(33)16-4-5-28-22(7-16)25(2,3)14-27/h4-8,10-11,20H,12-13H2,1-3H3,(H,30,31)(H,32,33). The molecular formula is C25H23N7O2. The Morgan fingerprint density at radius 2 is 1.94 bits per heavy atom. The Labute approximate surface area is 197 Å². The van der Waals surface area contributed by atoms with Gasteiger partial charge in [-0.3, -0.25) is 14.8 Å². The van der Waals surface area contributed by atoms with E-state index in [1.54, 1.807) is 50.5 Å². The molecule has 0 radical (unpaired) electrons. The van der Waals surface area contributed by atoms with Gasteiger partial charge in [0.05, 0.1) is 53.9 Å². The first kappa shape index (κ1) is 22.8. The molecule has 34 heavy (non-hydrogen) atoms. The molecule has 0 aliphatic carbocycles. The zero-order valence-electron chi connectivity index (χ0n) is 19.1. The number of anilines is 2. The van der Waals surface area contributed by atoms with Gasteiger partial charge in [-0.15, -0.1) is 0 Å². The highest BCUT2D eigenvalue weighted by molar-refractivity contribution is 6.04. The predicted molar refractivity (Wildman–Crippen MR) is 126 cm³/mol. The van der Waals surface area contributed by atoms with E-state index in [9.17, 15) is 15.3 Å². The molecule has 4 heterocycles. The maximum Gasteiger partial charge on any atom is 0.255 e. The van der Waals surface area contributed by atoms with E-state index in [0.29, 0.717) is 41.5 Å². The monoisotopic (exact) mass is 453 g/mol. The van der Waals surface area contributed by atoms with Crippen LogP contribution >= 0.6 is 0 Å². The Morgan fingerprint density at radius 1 is 1.15 bits per heavy atom. The number of nitrogens with zero attached hydrogens (tertiary/aromatic N) is 5. The summed E-state index contributed by atoms with van der Waals surface area (Å²) in [6.45, 7) is 6.52. The first-order chi connectivity index (χ1) is 16.3. The first-order valence-electron chi connectivity index (χ1n) is 10.7. The molecule has 1 aliphatic heterocycles. The second kappa shape index (κ2) is 9.26. The zero-order valence-corrected chi connectivity index (χ0v) is 19.1. The molecular weight excluding hydrogens is 430 g/mol. The third-order valence-corrected chi connectivity index (χ3v) is 5.58. The van der Waals surface area contributed by atoms with Gasteiger partial charge in [0, 0.05) is 34.8 Å². The van der Waals surface area contributed by atoms with Gasteiger partial charge in [-0.05, 0) is 45.0 Å². The van der Waals surface area contributed by atoms with Crippen molar-refractivity contribution in [1.29, 1.82) is 10.5 Å². The van der Waals surface area contributed by atoms with E-state index in [-0.39, 0.29) is 11.9 Å². The number of carbonyl (C=O) groups is 1. The van der Waals surface area contributed by atoms with Crippen molar-refractivity contribution in [2.24, 2.45) is 0 Å². The van der Waals surface area contributed by atoms with Gasteiger partial charge in [-0.1, -0.05) is 0 Å². The molecule has 0 unspecified atom stereocenters. The summed E-state index contributed by atoms with van der Waals surface area (Å²) in [6.07, 6.45) is 4.77. The smallest absolute Gasteiger partial charge is 0.255 e. The topological polar surface area (TPSA) is 137 Å². The van der Waals surface area contributed by atoms with Crippen molar-refractivity contribution in [3.63, 3.8) is 0 Å². The molecule has 3 aromatic heterocycles. The maximum atomic E-state index is 12.9. The van der Waals surface area contributed by atoms with E-state index in [4.69, 9.17) is 4.74 Å². The van der Waals surface area contributed by atoms with E-state index >= 15 is 0 Å². The van der Waals surface area contributed by atoms with E-state index in [0.717, 1.165) is 16.8 Å². The lowest BCUT2D eigenvalue weighted by molar-refractivity contribution is 0.0209. The Bertz CT molecular complexity index is 1330. The fourth-order valence-corrected chi connectivity index (χ4v) is 3.39. The molecule has 9 heteroatoms. The molecule has 1 aliphatic rings. The number of hydrogen-bond donors (Lipinski definition) is 2. The van der Waals surface area contributed by atoms with Crippen molar-refractivity contribution in [2.75, 3.05) is 23.8 Å². The molecule has 0 saturated carbocycles. The van der Waals surface area contributed by atoms with Crippen molar-refractivity contribution in [1.82, 2.24) is 15.0 Å². The van der Waals surface area contributed by atoms with Crippen molar-refractivity contribution in [3.05, 3.63) is 65.4 Å². The average Bonchev–Trinajstić information content (AvgIpc) is 2.82. The van der Waals surface area contributed by atoms with Gasteiger partial charge in [-0.2, -0.15) is 10.5 Å². The van der Waals surface area contributed by atoms with Gasteiger partial charge < -0.3 is 15.4 Å². The van der Waals surface area contributed by atoms with Crippen molar-refractivity contribution in [3.8, 4) is 23.3 Å². The molecule has 1 fully saturated rings. The largest absolute Gasteiger partial charge is 0.377 e. The Hall–Kier alpha value is -4.34. The molecule has 3 aromatic rings. The average molecular weight is 454 g/mol. The number of nitriles is 2. The summed E-state index contributed by atoms with van der Waals surface area (Å²) in [5.74, 6) is 0.176. The highest BCUT2D eigenvalue weighted by Crippen LogP contribution is 2.28. The van der Waals surface area contributed by atoms with Crippen LogP contribution in [-0.4, -0.2) is 40.1 Å². The van der Waals surface area contributed by atoms with Gasteiger partial charge in [0.15, 0.2) is 0 Å². The third-order valence-electron chi connectivity index (χ3n) is 5.58. The fourth-order valence-electron chi connectivity index (χ4n) is 3.39. The zero-order chi connectivity index (χ0) is 24.3. The quantitative estimate of drug-likeness (QED) is 0.578. The number of nitrogens with one attached hydrogen (secondary N) is 2. The molecule has 0 spiro atoms. The lowest BCUT2D eigenvalue weighted by atomic mass is 9.90. The number of aryl methyl sites for hydroxylation is 1. The van der Waals surface area contributed by atoms with Crippen LogP contribution < -0.4 is 10.6 Å². The SMILES string of the molecule is Cc1ncc(NC(=O)c2ccnc(C(C)(C)C#N)c2)cc1-c1cnc(NC2COC2)c(C#N)c1. The second-order valence-corrected chi connectivity index (χ2v) is 8.59. The molecule has 4 rings (SSSR count). The maximum absolute atomic E-state index is 12.9. The minimum atomic E-state index is -0.812. The summed E-state index contributed by atoms with van der Waals surface area (Å²) in [5, 5.41) is 25.0. The number of hydrogen-bond acceptors (Lipinski definition) is 8. The fraction of sp³-hybridized carbons (Fsp3) is 0.280. The number of aromatic nitrogens is 3. The van der Waals surface area contributed by atoms with Gasteiger partial charge >= 0.3 is 0 Å². The van der Waals surface area contributed by atoms with Crippen molar-refractivity contribution >= 4 is 17.4 Å². The van der Waals surface area contributed by atoms with E-state index in [2.05, 4.69) is 37.7 Å². The summed E-state index contributed by atoms with van der Waals surface area (Å²) in [5.41, 5.74) is 3.21. The van der Waals surface area contributed by atoms with E-state index in [1.807, 2.05) is 6.92 Å². The van der Waals surface area contributed by atoms with Crippen LogP contribution in [0.3, 0.4) is 0 Å². The minimum absolute atomic E-state index is 0.153. The molecule has 0 atom stereocenters. The molecule has 0 aromatic carbocycles. The van der Waals surface area contributed by atoms with Crippen molar-refractivity contribution in [2.45, 2.75) is 32.2 Å². The Balaban J connectivity index is 1.58. The van der Waals surface area contributed by atoms with Gasteiger partial charge in [0.1, 0.15) is 11.9 Å². The molecule has 9 nitrogen and oxygen atoms in total. The summed E-state index contributed by atoms with van der Waals surface area (Å²) in [6, 6.07) is 11.3. The summed E-state index contributed by atoms with van der Waals surface area (Å²) in [7, 11) is 0. The van der Waals surface area contributed by atoms with Crippen LogP contribution in [0.2, 0.25) is 0 Å². The number of ether oxygens (including phenoxy) is 1. The van der Waals surface area contributed by atoms with Crippen molar-refractivity contribution < 1.29 is 9.53 Å². The van der Waals surface area contributed by atoms with Crippen LogP contribution in [0.15, 0.2) is 42.9 Å². The second-order valence-electron chi connectivity index (χ2n) is 8.59. The lowest BCUT2D eigenvalue weighted by Crippen LogP contribution is -2.40. The van der Waals surface area contributed by atoms with Crippen LogP contribution in [0.1, 0.15) is 41.2 Å². The number of carbonyl (C=O) groups excluding carboxylic acids is 1. The third kappa shape index (κ3) is 4.70. The molecule has 2 N–H and O–H groups in total. The summed E-state index contributed by atoms with van der Waals surface area (Å²) < 4.78 is 5.16. The van der Waals surface area contributed by atoms with E-state index in [1.165, 1.54) is 6.20 Å². The summed E-state index contributed by atoms with van der Waals surface area (Å²) in [4.78, 5) is 25.9. The van der Waals surface area contributed by atoms with Gasteiger partial charge in [0.2, 0.25) is 0 Å². The minimum Gasteiger partial charge on any atom is -0.377 e. The Kier molecular flexibility index (Phi) is 6.22. The number of rotatable bonds is 6. The van der Waals surface area contributed by atoms with E-state index < -0.39 is 5.41 Å². The molecule has 1 saturated heterocycles. The first-order valence-corrected chi connectivity index (χ1v) is 10.7. The van der Waals surface area contributed by atoms with Crippen LogP contribution in [-0.2, 0) is 10.2 Å². The normalized spacial score (nSPS) is 13.3. The molecule has 170 valence electrons. The number of pyridine rings is 3. The van der Waals surface area contributed by atoms with Crippen LogP contribution in [0.5, 0.6) is 0 Å². The highest BCUT2D eigenvalue weighted by Gasteiger charge is 2.23. The highest BCUT2D eigenvalue weighted by atomic mass is 16.5. The number of amides is 1. The molecule has 0 bridgehead atoms. The van der Waals surface area contributed by atoms with Gasteiger partial charge in [-0.25, -0.2) is 4.98 Å².